The van der Waals surface area contributed by atoms with Gasteiger partial charge in [0.05, 0.1) is 10.6 Å². The number of aryl methyl sites for hydroxylation is 2. The molecule has 0 aliphatic carbocycles. The molecule has 236 valence electrons. The van der Waals surface area contributed by atoms with Crippen molar-refractivity contribution in [2.24, 2.45) is 0 Å². The number of nitrogens with zero attached hydrogens (tertiary/aromatic N) is 2. The highest BCUT2D eigenvalue weighted by Crippen LogP contribution is 2.29. The first kappa shape index (κ1) is 34.2. The lowest BCUT2D eigenvalue weighted by molar-refractivity contribution is -0.140. The second-order valence-electron chi connectivity index (χ2n) is 11.3. The van der Waals surface area contributed by atoms with Crippen molar-refractivity contribution in [3.8, 4) is 0 Å². The lowest BCUT2D eigenvalue weighted by atomic mass is 10.0. The highest BCUT2D eigenvalue weighted by Gasteiger charge is 2.35. The Morgan fingerprint density at radius 2 is 1.51 bits per heavy atom. The quantitative estimate of drug-likeness (QED) is 0.170. The zero-order valence-electron chi connectivity index (χ0n) is 25.7. The van der Waals surface area contributed by atoms with Gasteiger partial charge in [0.25, 0.3) is 10.0 Å². The lowest BCUT2D eigenvalue weighted by Crippen LogP contribution is -2.54. The summed E-state index contributed by atoms with van der Waals surface area (Å²) in [5.41, 5.74) is 3.56. The van der Waals surface area contributed by atoms with Crippen LogP contribution < -0.4 is 9.62 Å². The van der Waals surface area contributed by atoms with Gasteiger partial charge in [0.1, 0.15) is 12.6 Å². The number of benzene rings is 4. The average Bonchev–Trinajstić information content (AvgIpc) is 3.00. The van der Waals surface area contributed by atoms with Gasteiger partial charge in [-0.15, -0.1) is 0 Å². The van der Waals surface area contributed by atoms with E-state index in [0.717, 1.165) is 31.0 Å². The molecule has 1 unspecified atom stereocenters. The van der Waals surface area contributed by atoms with Crippen LogP contribution >= 0.6 is 27.5 Å². The normalized spacial score (nSPS) is 12.1. The molecule has 0 bridgehead atoms. The molecule has 0 spiro atoms. The molecule has 0 saturated carbocycles. The minimum Gasteiger partial charge on any atom is -0.352 e. The average molecular weight is 711 g/mol. The van der Waals surface area contributed by atoms with Gasteiger partial charge in [-0.3, -0.25) is 13.9 Å². The molecular formula is C35H37BrClN3O4S. The van der Waals surface area contributed by atoms with Crippen molar-refractivity contribution in [2.45, 2.75) is 57.6 Å². The number of halogens is 2. The summed E-state index contributed by atoms with van der Waals surface area (Å²) in [7, 11) is -4.21. The third kappa shape index (κ3) is 8.96. The molecule has 0 aliphatic heterocycles. The number of rotatable bonds is 12. The van der Waals surface area contributed by atoms with Gasteiger partial charge in [0, 0.05) is 28.5 Å². The van der Waals surface area contributed by atoms with Crippen molar-refractivity contribution in [1.82, 2.24) is 10.2 Å². The predicted octanol–water partition coefficient (Wildman–Crippen LogP) is 7.08. The second kappa shape index (κ2) is 15.1. The number of hydrogen-bond donors (Lipinski definition) is 1. The summed E-state index contributed by atoms with van der Waals surface area (Å²) < 4.78 is 30.3. The SMILES string of the molecule is Cc1ccc(S(=O)(=O)N(CC(=O)N(Cc2ccc(Br)cc2)C(Cc2ccccc2)C(=O)NC(C)C)c2ccc(C)c(Cl)c2)cc1. The summed E-state index contributed by atoms with van der Waals surface area (Å²) in [6, 6.07) is 27.2. The maximum absolute atomic E-state index is 14.5. The van der Waals surface area contributed by atoms with Gasteiger partial charge in [-0.25, -0.2) is 8.42 Å². The van der Waals surface area contributed by atoms with E-state index in [-0.39, 0.29) is 35.5 Å². The first-order valence-electron chi connectivity index (χ1n) is 14.6. The van der Waals surface area contributed by atoms with Gasteiger partial charge in [0.15, 0.2) is 0 Å². The number of amides is 2. The predicted molar refractivity (Wildman–Crippen MR) is 184 cm³/mol. The highest BCUT2D eigenvalue weighted by molar-refractivity contribution is 9.10. The van der Waals surface area contributed by atoms with Crippen molar-refractivity contribution >= 4 is 55.1 Å². The van der Waals surface area contributed by atoms with Gasteiger partial charge in [-0.2, -0.15) is 0 Å². The summed E-state index contributed by atoms with van der Waals surface area (Å²) in [6.45, 7) is 6.93. The minimum absolute atomic E-state index is 0.0374. The Labute approximate surface area is 279 Å². The molecule has 4 aromatic rings. The van der Waals surface area contributed by atoms with Crippen LogP contribution in [0.25, 0.3) is 0 Å². The van der Waals surface area contributed by atoms with Crippen LogP contribution in [0.1, 0.15) is 36.1 Å². The third-order valence-electron chi connectivity index (χ3n) is 7.30. The first-order chi connectivity index (χ1) is 21.3. The Morgan fingerprint density at radius 1 is 0.867 bits per heavy atom. The summed E-state index contributed by atoms with van der Waals surface area (Å²) in [6.07, 6.45) is 0.239. The number of sulfonamides is 1. The van der Waals surface area contributed by atoms with Crippen molar-refractivity contribution in [3.05, 3.63) is 129 Å². The van der Waals surface area contributed by atoms with E-state index in [0.29, 0.717) is 5.02 Å². The zero-order valence-corrected chi connectivity index (χ0v) is 28.9. The van der Waals surface area contributed by atoms with Crippen molar-refractivity contribution in [1.29, 1.82) is 0 Å². The molecule has 10 heteroatoms. The number of carbonyl (C=O) groups excluding carboxylic acids is 2. The van der Waals surface area contributed by atoms with Gasteiger partial charge in [-0.05, 0) is 80.8 Å². The molecule has 0 heterocycles. The fourth-order valence-electron chi connectivity index (χ4n) is 4.82. The highest BCUT2D eigenvalue weighted by atomic mass is 79.9. The van der Waals surface area contributed by atoms with E-state index in [4.69, 9.17) is 11.6 Å². The molecule has 45 heavy (non-hydrogen) atoms. The molecule has 1 N–H and O–H groups in total. The van der Waals surface area contributed by atoms with E-state index in [1.807, 2.05) is 82.3 Å². The Balaban J connectivity index is 1.82. The van der Waals surface area contributed by atoms with E-state index in [1.165, 1.54) is 17.0 Å². The molecule has 0 aromatic heterocycles. The standard InChI is InChI=1S/C35H37BrClN3O4S/c1-24(2)38-35(42)33(20-27-8-6-5-7-9-27)39(22-28-13-15-29(36)16-14-28)34(41)23-40(30-17-12-26(4)32(37)21-30)45(43,44)31-18-10-25(3)11-19-31/h5-19,21,24,33H,20,22-23H2,1-4H3,(H,38,42). The number of carbonyl (C=O) groups is 2. The number of hydrogen-bond acceptors (Lipinski definition) is 4. The molecule has 4 aromatic carbocycles. The molecule has 0 radical (unpaired) electrons. The second-order valence-corrected chi connectivity index (χ2v) is 14.5. The minimum atomic E-state index is -4.21. The van der Waals surface area contributed by atoms with Crippen LogP contribution in [0, 0.1) is 13.8 Å². The van der Waals surface area contributed by atoms with E-state index in [2.05, 4.69) is 21.2 Å². The summed E-state index contributed by atoms with van der Waals surface area (Å²) in [4.78, 5) is 29.8. The maximum Gasteiger partial charge on any atom is 0.264 e. The van der Waals surface area contributed by atoms with E-state index in [9.17, 15) is 18.0 Å². The van der Waals surface area contributed by atoms with Crippen LogP contribution in [0.5, 0.6) is 0 Å². The van der Waals surface area contributed by atoms with Crippen molar-refractivity contribution in [2.75, 3.05) is 10.8 Å². The van der Waals surface area contributed by atoms with Gasteiger partial charge < -0.3 is 10.2 Å². The summed E-state index contributed by atoms with van der Waals surface area (Å²) in [5.74, 6) is -0.865. The van der Waals surface area contributed by atoms with Crippen molar-refractivity contribution in [3.63, 3.8) is 0 Å². The zero-order chi connectivity index (χ0) is 32.7. The van der Waals surface area contributed by atoms with Gasteiger partial charge >= 0.3 is 0 Å². The van der Waals surface area contributed by atoms with Crippen LogP contribution in [-0.2, 0) is 32.6 Å². The van der Waals surface area contributed by atoms with Crippen LogP contribution in [0.15, 0.2) is 106 Å². The first-order valence-corrected chi connectivity index (χ1v) is 17.2. The Kier molecular flexibility index (Phi) is 11.5. The van der Waals surface area contributed by atoms with Crippen molar-refractivity contribution < 1.29 is 18.0 Å². The Morgan fingerprint density at radius 3 is 2.11 bits per heavy atom. The van der Waals surface area contributed by atoms with Crippen LogP contribution in [0.4, 0.5) is 5.69 Å². The van der Waals surface area contributed by atoms with Crippen LogP contribution in [-0.4, -0.2) is 43.8 Å². The molecule has 0 saturated heterocycles. The number of nitrogens with one attached hydrogen (secondary N) is 1. The fraction of sp³-hybridized carbons (Fsp3) is 0.257. The molecule has 1 atom stereocenters. The summed E-state index contributed by atoms with van der Waals surface area (Å²) >= 11 is 9.90. The van der Waals surface area contributed by atoms with Gasteiger partial charge in [0.2, 0.25) is 11.8 Å². The van der Waals surface area contributed by atoms with Gasteiger partial charge in [-0.1, -0.05) is 93.8 Å². The summed E-state index contributed by atoms with van der Waals surface area (Å²) in [5, 5.41) is 3.33. The monoisotopic (exact) mass is 709 g/mol. The molecule has 4 rings (SSSR count). The van der Waals surface area contributed by atoms with E-state index in [1.54, 1.807) is 30.3 Å². The molecule has 2 amide bonds. The van der Waals surface area contributed by atoms with E-state index < -0.39 is 28.5 Å². The smallest absolute Gasteiger partial charge is 0.264 e. The maximum atomic E-state index is 14.5. The third-order valence-corrected chi connectivity index (χ3v) is 10.0. The molecule has 0 aliphatic rings. The van der Waals surface area contributed by atoms with Crippen LogP contribution in [0.3, 0.4) is 0 Å². The van der Waals surface area contributed by atoms with Crippen LogP contribution in [0.2, 0.25) is 5.02 Å². The van der Waals surface area contributed by atoms with E-state index >= 15 is 0 Å². The number of anilines is 1. The molecular weight excluding hydrogens is 674 g/mol. The fourth-order valence-corrected chi connectivity index (χ4v) is 6.67. The largest absolute Gasteiger partial charge is 0.352 e. The molecule has 0 fully saturated rings. The molecule has 7 nitrogen and oxygen atoms in total. The topological polar surface area (TPSA) is 86.8 Å². The Hall–Kier alpha value is -3.66. The Bertz CT molecular complexity index is 1730. The lowest BCUT2D eigenvalue weighted by Gasteiger charge is -2.34.